The van der Waals surface area contributed by atoms with Crippen LogP contribution in [0.1, 0.15) is 32.8 Å². The van der Waals surface area contributed by atoms with E-state index >= 15 is 0 Å². The Bertz CT molecular complexity index is 352. The molecule has 1 aromatic rings. The molecule has 1 aromatic carbocycles. The molecular weight excluding hydrogens is 234 g/mol. The summed E-state index contributed by atoms with van der Waals surface area (Å²) < 4.78 is 5.98. The topological polar surface area (TPSA) is 21.3 Å². The molecule has 0 radical (unpaired) electrons. The number of nitrogens with one attached hydrogen (secondary N) is 1. The summed E-state index contributed by atoms with van der Waals surface area (Å²) in [6, 6.07) is 6.24. The molecule has 0 fully saturated rings. The van der Waals surface area contributed by atoms with Crippen molar-refractivity contribution in [3.8, 4) is 5.75 Å². The first-order valence-electron chi connectivity index (χ1n) is 6.19. The average molecular weight is 256 g/mol. The molecule has 0 heterocycles. The van der Waals surface area contributed by atoms with E-state index in [0.717, 1.165) is 29.3 Å². The van der Waals surface area contributed by atoms with Gasteiger partial charge in [-0.2, -0.15) is 0 Å². The summed E-state index contributed by atoms with van der Waals surface area (Å²) in [7, 11) is 0. The predicted molar refractivity (Wildman–Crippen MR) is 74.0 cm³/mol. The third-order valence-corrected chi connectivity index (χ3v) is 2.89. The number of aryl methyl sites for hydroxylation is 1. The molecule has 1 N–H and O–H groups in total. The minimum atomic E-state index is 0.189. The van der Waals surface area contributed by atoms with Gasteiger partial charge in [0.25, 0.3) is 0 Å². The lowest BCUT2D eigenvalue weighted by Crippen LogP contribution is -2.35. The van der Waals surface area contributed by atoms with E-state index in [-0.39, 0.29) is 6.10 Å². The van der Waals surface area contributed by atoms with E-state index in [1.807, 2.05) is 25.1 Å². The number of hydrogen-bond acceptors (Lipinski definition) is 2. The molecule has 0 aliphatic heterocycles. The van der Waals surface area contributed by atoms with Gasteiger partial charge in [-0.25, -0.2) is 0 Å². The molecule has 17 heavy (non-hydrogen) atoms. The maximum Gasteiger partial charge on any atom is 0.124 e. The van der Waals surface area contributed by atoms with E-state index in [0.29, 0.717) is 6.04 Å². The van der Waals surface area contributed by atoms with Gasteiger partial charge in [-0.05, 0) is 31.0 Å². The predicted octanol–water partition coefficient (Wildman–Crippen LogP) is 3.80. The van der Waals surface area contributed by atoms with Crippen molar-refractivity contribution in [2.24, 2.45) is 0 Å². The molecule has 0 amide bonds. The first kappa shape index (κ1) is 14.3. The van der Waals surface area contributed by atoms with E-state index in [1.54, 1.807) is 0 Å². The largest absolute Gasteiger partial charge is 0.489 e. The number of ether oxygens (including phenoxy) is 1. The Labute approximate surface area is 109 Å². The Morgan fingerprint density at radius 3 is 2.65 bits per heavy atom. The third kappa shape index (κ3) is 4.97. The van der Waals surface area contributed by atoms with E-state index < -0.39 is 0 Å². The van der Waals surface area contributed by atoms with Crippen molar-refractivity contribution in [2.75, 3.05) is 6.54 Å². The summed E-state index contributed by atoms with van der Waals surface area (Å²) in [4.78, 5) is 0. The van der Waals surface area contributed by atoms with Crippen molar-refractivity contribution in [1.82, 2.24) is 5.32 Å². The first-order chi connectivity index (χ1) is 8.02. The highest BCUT2D eigenvalue weighted by Crippen LogP contribution is 2.23. The molecule has 0 aromatic heterocycles. The number of halogens is 1. The summed E-state index contributed by atoms with van der Waals surface area (Å²) in [5.41, 5.74) is 1.12. The Balaban J connectivity index is 2.63. The highest BCUT2D eigenvalue weighted by molar-refractivity contribution is 6.30. The second kappa shape index (κ2) is 6.87. The van der Waals surface area contributed by atoms with Gasteiger partial charge in [0.1, 0.15) is 11.9 Å². The van der Waals surface area contributed by atoms with Crippen molar-refractivity contribution >= 4 is 11.6 Å². The van der Waals surface area contributed by atoms with Crippen LogP contribution in [0.5, 0.6) is 5.75 Å². The number of rotatable bonds is 6. The fraction of sp³-hybridized carbons (Fsp3) is 0.571. The average Bonchev–Trinajstić information content (AvgIpc) is 2.28. The Morgan fingerprint density at radius 2 is 2.06 bits per heavy atom. The first-order valence-corrected chi connectivity index (χ1v) is 6.57. The van der Waals surface area contributed by atoms with Crippen molar-refractivity contribution < 1.29 is 4.74 Å². The summed E-state index contributed by atoms with van der Waals surface area (Å²) in [5, 5.41) is 4.11. The molecule has 96 valence electrons. The van der Waals surface area contributed by atoms with Gasteiger partial charge < -0.3 is 10.1 Å². The van der Waals surface area contributed by atoms with Crippen LogP contribution in [-0.4, -0.2) is 18.7 Å². The highest BCUT2D eigenvalue weighted by Gasteiger charge is 2.10. The summed E-state index contributed by atoms with van der Waals surface area (Å²) in [5.74, 6) is 0.884. The lowest BCUT2D eigenvalue weighted by Gasteiger charge is -2.21. The fourth-order valence-corrected chi connectivity index (χ4v) is 1.68. The summed E-state index contributed by atoms with van der Waals surface area (Å²) in [6.45, 7) is 9.30. The quantitative estimate of drug-likeness (QED) is 0.835. The van der Waals surface area contributed by atoms with Gasteiger partial charge in [-0.1, -0.05) is 38.4 Å². The van der Waals surface area contributed by atoms with Crippen LogP contribution in [0.4, 0.5) is 0 Å². The van der Waals surface area contributed by atoms with Crippen LogP contribution in [-0.2, 0) is 0 Å². The van der Waals surface area contributed by atoms with E-state index in [1.165, 1.54) is 0 Å². The van der Waals surface area contributed by atoms with Crippen LogP contribution in [0.3, 0.4) is 0 Å². The third-order valence-electron chi connectivity index (χ3n) is 2.65. The maximum absolute atomic E-state index is 5.98. The molecule has 0 saturated carbocycles. The second-order valence-corrected chi connectivity index (χ2v) is 5.06. The summed E-state index contributed by atoms with van der Waals surface area (Å²) >= 11 is 5.98. The van der Waals surface area contributed by atoms with Gasteiger partial charge in [0, 0.05) is 17.6 Å². The Hall–Kier alpha value is -0.730. The second-order valence-electron chi connectivity index (χ2n) is 4.62. The van der Waals surface area contributed by atoms with Gasteiger partial charge in [-0.3, -0.25) is 0 Å². The van der Waals surface area contributed by atoms with E-state index in [4.69, 9.17) is 16.3 Å². The van der Waals surface area contributed by atoms with Crippen LogP contribution in [0.25, 0.3) is 0 Å². The Morgan fingerprint density at radius 1 is 1.35 bits per heavy atom. The minimum Gasteiger partial charge on any atom is -0.489 e. The van der Waals surface area contributed by atoms with Crippen LogP contribution in [0, 0.1) is 6.92 Å². The van der Waals surface area contributed by atoms with Gasteiger partial charge in [0.15, 0.2) is 0 Å². The van der Waals surface area contributed by atoms with E-state index in [9.17, 15) is 0 Å². The monoisotopic (exact) mass is 255 g/mol. The molecular formula is C14H22ClNO. The molecule has 1 atom stereocenters. The van der Waals surface area contributed by atoms with Crippen LogP contribution in [0.15, 0.2) is 18.2 Å². The van der Waals surface area contributed by atoms with Gasteiger partial charge in [0.05, 0.1) is 0 Å². The Kier molecular flexibility index (Phi) is 5.79. The molecule has 0 aliphatic rings. The maximum atomic E-state index is 5.98. The fourth-order valence-electron chi connectivity index (χ4n) is 1.52. The summed E-state index contributed by atoms with van der Waals surface area (Å²) in [6.07, 6.45) is 1.17. The van der Waals surface area contributed by atoms with Crippen molar-refractivity contribution in [3.63, 3.8) is 0 Å². The molecule has 1 rings (SSSR count). The standard InChI is InChI=1S/C14H22ClNO/c1-5-13(9-16-10(2)3)17-14-8-12(15)7-6-11(14)4/h6-8,10,13,16H,5,9H2,1-4H3. The van der Waals surface area contributed by atoms with Crippen LogP contribution in [0.2, 0.25) is 5.02 Å². The number of benzene rings is 1. The molecule has 0 bridgehead atoms. The molecule has 0 aliphatic carbocycles. The highest BCUT2D eigenvalue weighted by atomic mass is 35.5. The molecule has 2 nitrogen and oxygen atoms in total. The normalized spacial score (nSPS) is 12.8. The van der Waals surface area contributed by atoms with E-state index in [2.05, 4.69) is 26.1 Å². The lowest BCUT2D eigenvalue weighted by molar-refractivity contribution is 0.189. The van der Waals surface area contributed by atoms with Gasteiger partial charge in [0.2, 0.25) is 0 Å². The molecule has 0 saturated heterocycles. The molecule has 1 unspecified atom stereocenters. The zero-order valence-corrected chi connectivity index (χ0v) is 11.8. The molecule has 3 heteroatoms. The van der Waals surface area contributed by atoms with Crippen molar-refractivity contribution in [1.29, 1.82) is 0 Å². The van der Waals surface area contributed by atoms with Crippen molar-refractivity contribution in [3.05, 3.63) is 28.8 Å². The van der Waals surface area contributed by atoms with Gasteiger partial charge >= 0.3 is 0 Å². The van der Waals surface area contributed by atoms with Crippen LogP contribution >= 0.6 is 11.6 Å². The van der Waals surface area contributed by atoms with Gasteiger partial charge in [-0.15, -0.1) is 0 Å². The lowest BCUT2D eigenvalue weighted by atomic mass is 10.2. The number of hydrogen-bond donors (Lipinski definition) is 1. The zero-order valence-electron chi connectivity index (χ0n) is 11.1. The SMILES string of the molecule is CCC(CNC(C)C)Oc1cc(Cl)ccc1C. The van der Waals surface area contributed by atoms with Crippen LogP contribution < -0.4 is 10.1 Å². The zero-order chi connectivity index (χ0) is 12.8. The minimum absolute atomic E-state index is 0.189. The van der Waals surface area contributed by atoms with Crippen molar-refractivity contribution in [2.45, 2.75) is 46.3 Å². The molecule has 0 spiro atoms. The smallest absolute Gasteiger partial charge is 0.124 e.